The highest BCUT2D eigenvalue weighted by atomic mass is 19.4. The van der Waals surface area contributed by atoms with Crippen LogP contribution >= 0.6 is 0 Å². The zero-order chi connectivity index (χ0) is 20.1. The molecule has 1 saturated carbocycles. The summed E-state index contributed by atoms with van der Waals surface area (Å²) in [6, 6.07) is 16.0. The first kappa shape index (κ1) is 18.2. The summed E-state index contributed by atoms with van der Waals surface area (Å²) in [5.41, 5.74) is -0.316. The fraction of sp³-hybridized carbons (Fsp3) is 0.304. The minimum atomic E-state index is -4.60. The van der Waals surface area contributed by atoms with E-state index in [1.165, 1.54) is 0 Å². The van der Waals surface area contributed by atoms with Crippen molar-refractivity contribution in [2.75, 3.05) is 0 Å². The predicted molar refractivity (Wildman–Crippen MR) is 103 cm³/mol. The number of fused-ring (bicyclic) bond motifs is 4. The third-order valence-electron chi connectivity index (χ3n) is 5.77. The molecule has 5 rings (SSSR count). The number of nitrogens with zero attached hydrogens (tertiary/aromatic N) is 2. The molecule has 3 aromatic rings. The molecule has 0 atom stereocenters. The summed E-state index contributed by atoms with van der Waals surface area (Å²) < 4.78 is 49.0. The van der Waals surface area contributed by atoms with Crippen molar-refractivity contribution in [3.63, 3.8) is 0 Å². The molecular weight excluding hydrogens is 377 g/mol. The molecule has 2 aromatic carbocycles. The first-order valence-electron chi connectivity index (χ1n) is 9.81. The van der Waals surface area contributed by atoms with E-state index in [0.717, 1.165) is 19.3 Å². The van der Waals surface area contributed by atoms with Gasteiger partial charge in [0.15, 0.2) is 11.5 Å². The Bertz CT molecular complexity index is 1060. The van der Waals surface area contributed by atoms with Crippen molar-refractivity contribution in [3.05, 3.63) is 65.9 Å². The first-order valence-corrected chi connectivity index (χ1v) is 9.81. The fourth-order valence-electron chi connectivity index (χ4n) is 4.50. The number of hydrogen-bond donors (Lipinski definition) is 0. The lowest BCUT2D eigenvalue weighted by Crippen LogP contribution is -2.41. The lowest BCUT2D eigenvalue weighted by molar-refractivity contribution is -0.144. The number of para-hydroxylation sites is 1. The van der Waals surface area contributed by atoms with Crippen LogP contribution in [-0.2, 0) is 11.8 Å². The molecule has 29 heavy (non-hydrogen) atoms. The second-order valence-electron chi connectivity index (χ2n) is 7.64. The van der Waals surface area contributed by atoms with Gasteiger partial charge in [-0.3, -0.25) is 0 Å². The topological polar surface area (TPSA) is 35.0 Å². The fourth-order valence-corrected chi connectivity index (χ4v) is 4.50. The molecule has 3 nitrogen and oxygen atoms in total. The summed E-state index contributed by atoms with van der Waals surface area (Å²) in [6.07, 6.45) is -0.904. The smallest absolute Gasteiger partial charge is 0.433 e. The second kappa shape index (κ2) is 6.58. The van der Waals surface area contributed by atoms with Gasteiger partial charge in [-0.25, -0.2) is 9.97 Å². The van der Waals surface area contributed by atoms with Crippen molar-refractivity contribution in [2.45, 2.75) is 43.9 Å². The third kappa shape index (κ3) is 2.98. The lowest BCUT2D eigenvalue weighted by atomic mass is 9.75. The van der Waals surface area contributed by atoms with E-state index in [1.54, 1.807) is 36.4 Å². The average Bonchev–Trinajstić information content (AvgIpc) is 2.74. The van der Waals surface area contributed by atoms with Crippen molar-refractivity contribution in [3.8, 4) is 28.4 Å². The number of alkyl halides is 3. The van der Waals surface area contributed by atoms with Crippen LogP contribution in [0, 0.1) is 0 Å². The van der Waals surface area contributed by atoms with Gasteiger partial charge < -0.3 is 4.74 Å². The SMILES string of the molecule is FC(F)(F)c1nc(-c2ccccc2)nc2c1C1(CCCCC1)Oc1ccccc1-2. The summed E-state index contributed by atoms with van der Waals surface area (Å²) in [5, 5.41) is 0. The number of rotatable bonds is 1. The van der Waals surface area contributed by atoms with Crippen LogP contribution in [0.1, 0.15) is 43.4 Å². The number of hydrogen-bond acceptors (Lipinski definition) is 3. The van der Waals surface area contributed by atoms with Crippen molar-refractivity contribution < 1.29 is 17.9 Å². The number of halogens is 3. The highest BCUT2D eigenvalue weighted by Gasteiger charge is 2.50. The Hall–Kier alpha value is -2.89. The molecule has 148 valence electrons. The number of ether oxygens (including phenoxy) is 1. The van der Waals surface area contributed by atoms with Gasteiger partial charge in [0.25, 0.3) is 0 Å². The Balaban J connectivity index is 1.85. The monoisotopic (exact) mass is 396 g/mol. The zero-order valence-electron chi connectivity index (χ0n) is 15.7. The largest absolute Gasteiger partial charge is 0.482 e. The molecule has 2 heterocycles. The number of aromatic nitrogens is 2. The lowest BCUT2D eigenvalue weighted by Gasteiger charge is -2.43. The maximum atomic E-state index is 14.2. The molecule has 0 amide bonds. The Morgan fingerprint density at radius 2 is 1.52 bits per heavy atom. The van der Waals surface area contributed by atoms with Crippen LogP contribution in [0.3, 0.4) is 0 Å². The van der Waals surface area contributed by atoms with Crippen molar-refractivity contribution in [1.29, 1.82) is 0 Å². The van der Waals surface area contributed by atoms with Gasteiger partial charge in [0.2, 0.25) is 0 Å². The molecule has 1 spiro atoms. The minimum absolute atomic E-state index is 0.0827. The highest BCUT2D eigenvalue weighted by Crippen LogP contribution is 2.53. The molecule has 0 saturated heterocycles. The Morgan fingerprint density at radius 1 is 0.828 bits per heavy atom. The molecule has 0 bridgehead atoms. The predicted octanol–water partition coefficient (Wildman–Crippen LogP) is 6.38. The minimum Gasteiger partial charge on any atom is -0.482 e. The molecule has 0 N–H and O–H groups in total. The Kier molecular flexibility index (Phi) is 4.12. The van der Waals surface area contributed by atoms with Gasteiger partial charge in [-0.15, -0.1) is 0 Å². The molecule has 6 heteroatoms. The van der Waals surface area contributed by atoms with Crippen LogP contribution in [0.2, 0.25) is 0 Å². The quantitative estimate of drug-likeness (QED) is 0.479. The van der Waals surface area contributed by atoms with E-state index in [1.807, 2.05) is 18.2 Å². The van der Waals surface area contributed by atoms with E-state index in [-0.39, 0.29) is 11.4 Å². The third-order valence-corrected chi connectivity index (χ3v) is 5.77. The second-order valence-corrected chi connectivity index (χ2v) is 7.64. The van der Waals surface area contributed by atoms with E-state index in [4.69, 9.17) is 4.74 Å². The van der Waals surface area contributed by atoms with Gasteiger partial charge in [0, 0.05) is 11.1 Å². The molecule has 1 fully saturated rings. The standard InChI is InChI=1S/C23H19F3N2O/c24-23(25,26)20-18-19(27-21(28-20)15-9-3-1-4-10-15)16-11-5-6-12-17(16)29-22(18)13-7-2-8-14-22/h1,3-6,9-12H,2,7-8,13-14H2. The maximum Gasteiger partial charge on any atom is 0.433 e. The van der Waals surface area contributed by atoms with E-state index < -0.39 is 17.5 Å². The van der Waals surface area contributed by atoms with E-state index in [0.29, 0.717) is 35.4 Å². The molecule has 0 radical (unpaired) electrons. The van der Waals surface area contributed by atoms with Crippen molar-refractivity contribution in [2.24, 2.45) is 0 Å². The Morgan fingerprint density at radius 3 is 2.24 bits per heavy atom. The van der Waals surface area contributed by atoms with Crippen LogP contribution in [0.4, 0.5) is 13.2 Å². The average molecular weight is 396 g/mol. The van der Waals surface area contributed by atoms with Crippen LogP contribution in [0.5, 0.6) is 5.75 Å². The van der Waals surface area contributed by atoms with E-state index >= 15 is 0 Å². The zero-order valence-corrected chi connectivity index (χ0v) is 15.7. The van der Waals surface area contributed by atoms with E-state index in [9.17, 15) is 13.2 Å². The van der Waals surface area contributed by atoms with Gasteiger partial charge in [0.1, 0.15) is 11.4 Å². The summed E-state index contributed by atoms with van der Waals surface area (Å²) in [4.78, 5) is 8.69. The van der Waals surface area contributed by atoms with Crippen LogP contribution in [-0.4, -0.2) is 9.97 Å². The molecule has 1 aliphatic heterocycles. The summed E-state index contributed by atoms with van der Waals surface area (Å²) in [6.45, 7) is 0. The van der Waals surface area contributed by atoms with Crippen LogP contribution in [0.15, 0.2) is 54.6 Å². The summed E-state index contributed by atoms with van der Waals surface area (Å²) >= 11 is 0. The van der Waals surface area contributed by atoms with Crippen LogP contribution in [0.25, 0.3) is 22.6 Å². The first-order chi connectivity index (χ1) is 14.0. The van der Waals surface area contributed by atoms with Gasteiger partial charge in [-0.1, -0.05) is 48.9 Å². The number of benzene rings is 2. The van der Waals surface area contributed by atoms with E-state index in [2.05, 4.69) is 9.97 Å². The molecule has 0 unspecified atom stereocenters. The van der Waals surface area contributed by atoms with Gasteiger partial charge in [-0.2, -0.15) is 13.2 Å². The molecule has 1 aliphatic carbocycles. The van der Waals surface area contributed by atoms with Crippen molar-refractivity contribution in [1.82, 2.24) is 9.97 Å². The van der Waals surface area contributed by atoms with Crippen molar-refractivity contribution >= 4 is 0 Å². The molecular formula is C23H19F3N2O. The summed E-state index contributed by atoms with van der Waals surface area (Å²) in [5.74, 6) is 0.673. The molecule has 1 aromatic heterocycles. The van der Waals surface area contributed by atoms with Gasteiger partial charge >= 0.3 is 6.18 Å². The van der Waals surface area contributed by atoms with Gasteiger partial charge in [0.05, 0.1) is 11.3 Å². The Labute approximate surface area is 166 Å². The van der Waals surface area contributed by atoms with Gasteiger partial charge in [-0.05, 0) is 37.8 Å². The molecule has 2 aliphatic rings. The highest BCUT2D eigenvalue weighted by molar-refractivity contribution is 5.76. The van der Waals surface area contributed by atoms with Crippen LogP contribution < -0.4 is 4.74 Å². The normalized spacial score (nSPS) is 17.3. The summed E-state index contributed by atoms with van der Waals surface area (Å²) in [7, 11) is 0. The maximum absolute atomic E-state index is 14.2.